The Morgan fingerprint density at radius 1 is 1.43 bits per heavy atom. The fourth-order valence-electron chi connectivity index (χ4n) is 1.15. The Hall–Kier alpha value is -1.61. The maximum atomic E-state index is 10.3. The summed E-state index contributed by atoms with van der Waals surface area (Å²) in [6, 6.07) is 7.41. The van der Waals surface area contributed by atoms with Crippen LogP contribution >= 0.6 is 0 Å². The van der Waals surface area contributed by atoms with Crippen LogP contribution in [0.15, 0.2) is 30.3 Å². The number of carboxylic acids is 1. The Morgan fingerprint density at radius 2 is 2.21 bits per heavy atom. The molecule has 0 atom stereocenters. The molecule has 0 bridgehead atoms. The lowest BCUT2D eigenvalue weighted by atomic mass is 10.1. The molecule has 74 valence electrons. The van der Waals surface area contributed by atoms with Gasteiger partial charge in [0.1, 0.15) is 0 Å². The van der Waals surface area contributed by atoms with Crippen molar-refractivity contribution >= 4 is 12.0 Å². The third-order valence-corrected chi connectivity index (χ3v) is 1.77. The van der Waals surface area contributed by atoms with Crippen LogP contribution in [0.3, 0.4) is 0 Å². The smallest absolute Gasteiger partial charge is 0.328 e. The summed E-state index contributed by atoms with van der Waals surface area (Å²) in [6.07, 6.45) is 3.22. The number of benzene rings is 1. The van der Waals surface area contributed by atoms with Crippen LogP contribution in [0.25, 0.3) is 6.08 Å². The topological polar surface area (TPSA) is 57.5 Å². The number of rotatable bonds is 4. The summed E-state index contributed by atoms with van der Waals surface area (Å²) in [7, 11) is 0. The first kappa shape index (κ1) is 10.5. The van der Waals surface area contributed by atoms with Crippen molar-refractivity contribution in [1.82, 2.24) is 0 Å². The fourth-order valence-corrected chi connectivity index (χ4v) is 1.15. The summed E-state index contributed by atoms with van der Waals surface area (Å²) >= 11 is 0. The van der Waals surface area contributed by atoms with Crippen molar-refractivity contribution in [2.24, 2.45) is 0 Å². The first-order chi connectivity index (χ1) is 6.72. The molecule has 0 fully saturated rings. The van der Waals surface area contributed by atoms with Crippen molar-refractivity contribution < 1.29 is 15.0 Å². The summed E-state index contributed by atoms with van der Waals surface area (Å²) in [6.45, 7) is 0.103. The van der Waals surface area contributed by atoms with E-state index in [0.29, 0.717) is 6.42 Å². The van der Waals surface area contributed by atoms with Gasteiger partial charge in [0.2, 0.25) is 0 Å². The predicted octanol–water partition coefficient (Wildman–Crippen LogP) is 1.32. The quantitative estimate of drug-likeness (QED) is 0.707. The Morgan fingerprint density at radius 3 is 2.86 bits per heavy atom. The van der Waals surface area contributed by atoms with Crippen molar-refractivity contribution in [3.05, 3.63) is 41.5 Å². The Kier molecular flexibility index (Phi) is 3.88. The number of hydrogen-bond donors (Lipinski definition) is 2. The van der Waals surface area contributed by atoms with Crippen LogP contribution in [0.5, 0.6) is 0 Å². The van der Waals surface area contributed by atoms with Gasteiger partial charge in [-0.3, -0.25) is 0 Å². The molecule has 14 heavy (non-hydrogen) atoms. The second-order valence-corrected chi connectivity index (χ2v) is 2.89. The van der Waals surface area contributed by atoms with E-state index in [1.807, 2.05) is 24.3 Å². The average Bonchev–Trinajstić information content (AvgIpc) is 2.16. The zero-order chi connectivity index (χ0) is 10.4. The first-order valence-corrected chi connectivity index (χ1v) is 4.33. The highest BCUT2D eigenvalue weighted by atomic mass is 16.4. The summed E-state index contributed by atoms with van der Waals surface area (Å²) in [5.74, 6) is -0.961. The molecule has 0 unspecified atom stereocenters. The van der Waals surface area contributed by atoms with Gasteiger partial charge in [-0.2, -0.15) is 0 Å². The van der Waals surface area contributed by atoms with Gasteiger partial charge in [0.25, 0.3) is 0 Å². The predicted molar refractivity (Wildman–Crippen MR) is 53.9 cm³/mol. The zero-order valence-corrected chi connectivity index (χ0v) is 7.68. The van der Waals surface area contributed by atoms with E-state index in [1.165, 1.54) is 6.08 Å². The third-order valence-electron chi connectivity index (χ3n) is 1.77. The number of carboxylic acid groups (broad SMARTS) is 1. The maximum absolute atomic E-state index is 10.3. The number of carbonyl (C=O) groups is 1. The second kappa shape index (κ2) is 5.19. The molecule has 0 radical (unpaired) electrons. The minimum Gasteiger partial charge on any atom is -0.478 e. The molecule has 0 saturated heterocycles. The molecule has 3 heteroatoms. The van der Waals surface area contributed by atoms with Gasteiger partial charge in [-0.25, -0.2) is 4.79 Å². The van der Waals surface area contributed by atoms with Crippen molar-refractivity contribution in [3.8, 4) is 0 Å². The van der Waals surface area contributed by atoms with Crippen molar-refractivity contribution in [2.75, 3.05) is 6.61 Å². The molecule has 0 amide bonds. The summed E-state index contributed by atoms with van der Waals surface area (Å²) in [5.41, 5.74) is 1.83. The average molecular weight is 192 g/mol. The van der Waals surface area contributed by atoms with Crippen LogP contribution in [-0.4, -0.2) is 22.8 Å². The number of aliphatic carboxylic acids is 1. The van der Waals surface area contributed by atoms with Crippen molar-refractivity contribution in [1.29, 1.82) is 0 Å². The van der Waals surface area contributed by atoms with E-state index in [0.717, 1.165) is 17.2 Å². The van der Waals surface area contributed by atoms with Crippen LogP contribution < -0.4 is 0 Å². The first-order valence-electron chi connectivity index (χ1n) is 4.33. The molecule has 3 nitrogen and oxygen atoms in total. The van der Waals surface area contributed by atoms with Crippen LogP contribution in [0.2, 0.25) is 0 Å². The number of aliphatic hydroxyl groups is 1. The second-order valence-electron chi connectivity index (χ2n) is 2.89. The lowest BCUT2D eigenvalue weighted by Crippen LogP contribution is -1.91. The van der Waals surface area contributed by atoms with Gasteiger partial charge in [0.15, 0.2) is 0 Å². The Labute approximate surface area is 82.3 Å². The molecule has 1 aromatic carbocycles. The van der Waals surface area contributed by atoms with Crippen LogP contribution in [-0.2, 0) is 11.2 Å². The van der Waals surface area contributed by atoms with Gasteiger partial charge in [-0.15, -0.1) is 0 Å². The van der Waals surface area contributed by atoms with Gasteiger partial charge >= 0.3 is 5.97 Å². The molecule has 1 rings (SSSR count). The standard InChI is InChI=1S/C11H12O3/c12-7-6-10-3-1-2-9(8-10)4-5-11(13)14/h1-5,8,12H,6-7H2,(H,13,14)/b5-4+. The van der Waals surface area contributed by atoms with E-state index in [1.54, 1.807) is 0 Å². The number of aliphatic hydroxyl groups excluding tert-OH is 1. The normalized spacial score (nSPS) is 10.6. The molecule has 0 aliphatic carbocycles. The van der Waals surface area contributed by atoms with Crippen molar-refractivity contribution in [2.45, 2.75) is 6.42 Å². The van der Waals surface area contributed by atoms with Crippen LogP contribution in [0.1, 0.15) is 11.1 Å². The highest BCUT2D eigenvalue weighted by molar-refractivity contribution is 5.85. The highest BCUT2D eigenvalue weighted by Gasteiger charge is 1.93. The van der Waals surface area contributed by atoms with E-state index >= 15 is 0 Å². The van der Waals surface area contributed by atoms with Crippen molar-refractivity contribution in [3.63, 3.8) is 0 Å². The lowest BCUT2D eigenvalue weighted by Gasteiger charge is -1.99. The van der Waals surface area contributed by atoms with E-state index in [9.17, 15) is 4.79 Å². The molecule has 0 aliphatic rings. The Bertz CT molecular complexity index is 342. The van der Waals surface area contributed by atoms with E-state index in [4.69, 9.17) is 10.2 Å². The minimum absolute atomic E-state index is 0.103. The molecule has 2 N–H and O–H groups in total. The van der Waals surface area contributed by atoms with Gasteiger partial charge in [-0.05, 0) is 23.6 Å². The molecule has 0 saturated carbocycles. The van der Waals surface area contributed by atoms with Gasteiger partial charge in [-0.1, -0.05) is 24.3 Å². The monoisotopic (exact) mass is 192 g/mol. The van der Waals surface area contributed by atoms with E-state index < -0.39 is 5.97 Å². The maximum Gasteiger partial charge on any atom is 0.328 e. The zero-order valence-electron chi connectivity index (χ0n) is 7.68. The molecular formula is C11H12O3. The van der Waals surface area contributed by atoms with Gasteiger partial charge in [0, 0.05) is 12.7 Å². The van der Waals surface area contributed by atoms with E-state index in [-0.39, 0.29) is 6.61 Å². The van der Waals surface area contributed by atoms with Gasteiger partial charge in [0.05, 0.1) is 0 Å². The van der Waals surface area contributed by atoms with E-state index in [2.05, 4.69) is 0 Å². The SMILES string of the molecule is O=C(O)/C=C/c1cccc(CCO)c1. The highest BCUT2D eigenvalue weighted by Crippen LogP contribution is 2.07. The molecule has 0 aromatic heterocycles. The number of hydrogen-bond acceptors (Lipinski definition) is 2. The largest absolute Gasteiger partial charge is 0.478 e. The molecule has 0 spiro atoms. The molecule has 0 heterocycles. The summed E-state index contributed by atoms with van der Waals surface area (Å²) in [4.78, 5) is 10.3. The van der Waals surface area contributed by atoms with Gasteiger partial charge < -0.3 is 10.2 Å². The lowest BCUT2D eigenvalue weighted by molar-refractivity contribution is -0.131. The molecular weight excluding hydrogens is 180 g/mol. The molecule has 0 aliphatic heterocycles. The van der Waals surface area contributed by atoms with Crippen LogP contribution in [0.4, 0.5) is 0 Å². The fraction of sp³-hybridized carbons (Fsp3) is 0.182. The Balaban J connectivity index is 2.77. The van der Waals surface area contributed by atoms with Crippen LogP contribution in [0, 0.1) is 0 Å². The summed E-state index contributed by atoms with van der Waals surface area (Å²) < 4.78 is 0. The molecule has 1 aromatic rings. The third kappa shape index (κ3) is 3.41. The summed E-state index contributed by atoms with van der Waals surface area (Å²) in [5, 5.41) is 17.1. The minimum atomic E-state index is -0.961.